The van der Waals surface area contributed by atoms with E-state index in [2.05, 4.69) is 4.90 Å². The molecular weight excluding hydrogens is 517 g/mol. The lowest BCUT2D eigenvalue weighted by molar-refractivity contribution is -0.131. The fourth-order valence-corrected chi connectivity index (χ4v) is 5.16. The molecular formula is C24H28Cl3N3O3S. The molecule has 1 amide bonds. The number of anilines is 1. The minimum absolute atomic E-state index is 0. The molecule has 10 heteroatoms. The molecule has 1 aliphatic heterocycles. The van der Waals surface area contributed by atoms with Gasteiger partial charge in [0.25, 0.3) is 5.91 Å². The predicted octanol–water partition coefficient (Wildman–Crippen LogP) is 5.94. The summed E-state index contributed by atoms with van der Waals surface area (Å²) >= 11 is 13.8. The van der Waals surface area contributed by atoms with Crippen molar-refractivity contribution < 1.29 is 14.3 Å². The van der Waals surface area contributed by atoms with Gasteiger partial charge in [-0.1, -0.05) is 40.6 Å². The molecule has 34 heavy (non-hydrogen) atoms. The summed E-state index contributed by atoms with van der Waals surface area (Å²) in [6.45, 7) is 8.30. The van der Waals surface area contributed by atoms with Crippen molar-refractivity contribution in [1.82, 2.24) is 9.88 Å². The van der Waals surface area contributed by atoms with E-state index in [1.807, 2.05) is 18.2 Å². The minimum atomic E-state index is -1.10. The number of fused-ring (bicyclic) bond motifs is 1. The molecule has 0 N–H and O–H groups in total. The highest BCUT2D eigenvalue weighted by atomic mass is 35.5. The van der Waals surface area contributed by atoms with Crippen molar-refractivity contribution in [2.75, 3.05) is 44.3 Å². The number of nitrogens with zero attached hydrogens (tertiary/aromatic N) is 3. The predicted molar refractivity (Wildman–Crippen MR) is 142 cm³/mol. The first kappa shape index (κ1) is 27.0. The lowest BCUT2D eigenvalue weighted by Gasteiger charge is -2.32. The van der Waals surface area contributed by atoms with Crippen molar-refractivity contribution >= 4 is 68.2 Å². The van der Waals surface area contributed by atoms with Gasteiger partial charge in [0.2, 0.25) is 0 Å². The molecule has 1 saturated heterocycles. The molecule has 2 heterocycles. The number of aromatic nitrogens is 1. The average Bonchev–Trinajstić information content (AvgIpc) is 3.24. The summed E-state index contributed by atoms with van der Waals surface area (Å²) in [6.07, 6.45) is 0.812. The van der Waals surface area contributed by atoms with Crippen LogP contribution >= 0.6 is 46.9 Å². The second-order valence-electron chi connectivity index (χ2n) is 8.41. The smallest absolute Gasteiger partial charge is 0.272 e. The van der Waals surface area contributed by atoms with E-state index in [0.29, 0.717) is 33.0 Å². The van der Waals surface area contributed by atoms with Gasteiger partial charge < -0.3 is 9.47 Å². The Bertz CT molecular complexity index is 1100. The Balaban J connectivity index is 0.00000324. The van der Waals surface area contributed by atoms with Gasteiger partial charge in [-0.05, 0) is 56.7 Å². The van der Waals surface area contributed by atoms with Crippen LogP contribution in [0.15, 0.2) is 42.5 Å². The average molecular weight is 545 g/mol. The first-order valence-corrected chi connectivity index (χ1v) is 12.5. The Morgan fingerprint density at radius 3 is 2.56 bits per heavy atom. The Labute approximate surface area is 220 Å². The number of hydrogen-bond acceptors (Lipinski definition) is 6. The number of para-hydroxylation sites is 1. The number of morpholine rings is 1. The lowest BCUT2D eigenvalue weighted by Crippen LogP contribution is -2.50. The molecule has 2 aromatic carbocycles. The van der Waals surface area contributed by atoms with Crippen LogP contribution < -0.4 is 9.64 Å². The summed E-state index contributed by atoms with van der Waals surface area (Å²) in [5, 5.41) is 1.81. The first-order chi connectivity index (χ1) is 15.8. The first-order valence-electron chi connectivity index (χ1n) is 11.0. The fraction of sp³-hybridized carbons (Fsp3) is 0.417. The quantitative estimate of drug-likeness (QED) is 0.351. The van der Waals surface area contributed by atoms with Crippen molar-refractivity contribution in [3.63, 3.8) is 0 Å². The molecule has 0 atom stereocenters. The molecule has 184 valence electrons. The van der Waals surface area contributed by atoms with Crippen LogP contribution in [0, 0.1) is 0 Å². The number of benzene rings is 2. The number of halogens is 3. The van der Waals surface area contributed by atoms with Gasteiger partial charge in [0, 0.05) is 31.2 Å². The number of carbonyl (C=O) groups is 1. The molecule has 1 aliphatic rings. The number of rotatable bonds is 8. The molecule has 0 aliphatic carbocycles. The lowest BCUT2D eigenvalue weighted by atomic mass is 10.1. The molecule has 1 aromatic heterocycles. The van der Waals surface area contributed by atoms with Gasteiger partial charge in [0.1, 0.15) is 11.3 Å². The van der Waals surface area contributed by atoms with Crippen LogP contribution in [0.4, 0.5) is 5.13 Å². The molecule has 6 nitrogen and oxygen atoms in total. The van der Waals surface area contributed by atoms with Gasteiger partial charge in [-0.3, -0.25) is 14.6 Å². The number of carbonyl (C=O) groups excluding carboxylic acids is 1. The Morgan fingerprint density at radius 2 is 1.88 bits per heavy atom. The van der Waals surface area contributed by atoms with Crippen LogP contribution in [-0.4, -0.2) is 60.8 Å². The summed E-state index contributed by atoms with van der Waals surface area (Å²) in [6, 6.07) is 12.7. The second-order valence-corrected chi connectivity index (χ2v) is 10.3. The highest BCUT2D eigenvalue weighted by molar-refractivity contribution is 7.22. The second kappa shape index (κ2) is 11.9. The molecule has 3 aromatic rings. The fourth-order valence-electron chi connectivity index (χ4n) is 3.75. The number of hydrogen-bond donors (Lipinski definition) is 0. The van der Waals surface area contributed by atoms with Crippen molar-refractivity contribution in [2.45, 2.75) is 25.9 Å². The highest BCUT2D eigenvalue weighted by Crippen LogP contribution is 2.34. The monoisotopic (exact) mass is 543 g/mol. The standard InChI is InChI=1S/C24H27Cl2N3O3S.ClH/c1-24(2,32-18-9-7-17(25)8-10-18)22(30)29(12-4-11-28-13-15-31-16-14-28)23-27-21-19(26)5-3-6-20(21)33-23;/h3,5-10H,4,11-16H2,1-2H3;1H. The van der Waals surface area contributed by atoms with Crippen LogP contribution in [0.1, 0.15) is 20.3 Å². The third-order valence-corrected chi connectivity index (χ3v) is 7.10. The van der Waals surface area contributed by atoms with Crippen LogP contribution in [-0.2, 0) is 9.53 Å². The van der Waals surface area contributed by atoms with Crippen LogP contribution in [0.3, 0.4) is 0 Å². The van der Waals surface area contributed by atoms with Gasteiger partial charge in [0.05, 0.1) is 22.9 Å². The summed E-state index contributed by atoms with van der Waals surface area (Å²) in [7, 11) is 0. The largest absolute Gasteiger partial charge is 0.478 e. The summed E-state index contributed by atoms with van der Waals surface area (Å²) in [4.78, 5) is 22.6. The van der Waals surface area contributed by atoms with E-state index in [1.165, 1.54) is 11.3 Å². The van der Waals surface area contributed by atoms with E-state index in [9.17, 15) is 4.79 Å². The summed E-state index contributed by atoms with van der Waals surface area (Å²) in [5.41, 5.74) is -0.393. The topological polar surface area (TPSA) is 54.9 Å². The van der Waals surface area contributed by atoms with Crippen LogP contribution in [0.2, 0.25) is 10.0 Å². The zero-order valence-corrected chi connectivity index (χ0v) is 22.3. The number of ether oxygens (including phenoxy) is 2. The van der Waals surface area contributed by atoms with Gasteiger partial charge in [-0.25, -0.2) is 4.98 Å². The Hall–Kier alpha value is -1.61. The molecule has 0 bridgehead atoms. The number of amides is 1. The van der Waals surface area contributed by atoms with Gasteiger partial charge >= 0.3 is 0 Å². The van der Waals surface area contributed by atoms with Crippen molar-refractivity contribution in [2.24, 2.45) is 0 Å². The van der Waals surface area contributed by atoms with Crippen LogP contribution in [0.25, 0.3) is 10.2 Å². The molecule has 0 saturated carbocycles. The molecule has 4 rings (SSSR count). The molecule has 0 spiro atoms. The van der Waals surface area contributed by atoms with E-state index in [4.69, 9.17) is 37.7 Å². The molecule has 0 unspecified atom stereocenters. The van der Waals surface area contributed by atoms with E-state index in [1.54, 1.807) is 43.0 Å². The van der Waals surface area contributed by atoms with Gasteiger partial charge in [-0.15, -0.1) is 12.4 Å². The Kier molecular flexibility index (Phi) is 9.43. The zero-order chi connectivity index (χ0) is 23.4. The van der Waals surface area contributed by atoms with E-state index < -0.39 is 5.60 Å². The van der Waals surface area contributed by atoms with Gasteiger partial charge in [0.15, 0.2) is 10.7 Å². The maximum Gasteiger partial charge on any atom is 0.272 e. The highest BCUT2D eigenvalue weighted by Gasteiger charge is 2.36. The third-order valence-electron chi connectivity index (χ3n) is 5.50. The normalized spacial score (nSPS) is 14.6. The van der Waals surface area contributed by atoms with Crippen molar-refractivity contribution in [3.05, 3.63) is 52.5 Å². The SMILES string of the molecule is CC(C)(Oc1ccc(Cl)cc1)C(=O)N(CCCN1CCOCC1)c1nc2c(Cl)cccc2s1.Cl. The third kappa shape index (κ3) is 6.53. The van der Waals surface area contributed by atoms with E-state index in [-0.39, 0.29) is 18.3 Å². The maximum absolute atomic E-state index is 13.8. The van der Waals surface area contributed by atoms with Crippen LogP contribution in [0.5, 0.6) is 5.75 Å². The molecule has 0 radical (unpaired) electrons. The van der Waals surface area contributed by atoms with E-state index in [0.717, 1.165) is 44.0 Å². The van der Waals surface area contributed by atoms with Crippen molar-refractivity contribution in [1.29, 1.82) is 0 Å². The summed E-state index contributed by atoms with van der Waals surface area (Å²) in [5.74, 6) is 0.424. The molecule has 1 fully saturated rings. The van der Waals surface area contributed by atoms with Gasteiger partial charge in [-0.2, -0.15) is 0 Å². The Morgan fingerprint density at radius 1 is 1.18 bits per heavy atom. The maximum atomic E-state index is 13.8. The van der Waals surface area contributed by atoms with Crippen molar-refractivity contribution in [3.8, 4) is 5.75 Å². The van der Waals surface area contributed by atoms with E-state index >= 15 is 0 Å². The number of thiazole rings is 1. The zero-order valence-electron chi connectivity index (χ0n) is 19.1. The summed E-state index contributed by atoms with van der Waals surface area (Å²) < 4.78 is 12.5. The minimum Gasteiger partial charge on any atom is -0.478 e.